The molecule has 0 radical (unpaired) electrons. The predicted octanol–water partition coefficient (Wildman–Crippen LogP) is 2.61. The largest absolute Gasteiger partial charge is 0.480 e. The second kappa shape index (κ2) is 4.93. The minimum absolute atomic E-state index is 0.0527. The molecule has 0 spiro atoms. The lowest BCUT2D eigenvalue weighted by molar-refractivity contribution is -0.139. The number of fused-ring (bicyclic) bond motifs is 1. The average Bonchev–Trinajstić information content (AvgIpc) is 3.05. The number of carbonyl (C=O) groups is 1. The third-order valence-corrected chi connectivity index (χ3v) is 4.15. The maximum absolute atomic E-state index is 13.7. The van der Waals surface area contributed by atoms with Crippen molar-refractivity contribution in [3.05, 3.63) is 35.1 Å². The molecule has 1 N–H and O–H groups in total. The van der Waals surface area contributed by atoms with E-state index in [9.17, 15) is 9.18 Å². The van der Waals surface area contributed by atoms with Crippen LogP contribution in [0.15, 0.2) is 18.2 Å². The van der Waals surface area contributed by atoms with Crippen LogP contribution in [-0.4, -0.2) is 29.1 Å². The highest BCUT2D eigenvalue weighted by Gasteiger charge is 2.34. The molecule has 0 heterocycles. The molecular weight excluding hydrogens is 245 g/mol. The number of hydrogen-bond donors (Lipinski definition) is 1. The van der Waals surface area contributed by atoms with E-state index in [2.05, 4.69) is 0 Å². The quantitative estimate of drug-likeness (QED) is 0.887. The van der Waals surface area contributed by atoms with Crippen molar-refractivity contribution < 1.29 is 14.3 Å². The summed E-state index contributed by atoms with van der Waals surface area (Å²) >= 11 is 0. The summed E-state index contributed by atoms with van der Waals surface area (Å²) in [6, 6.07) is 5.23. The Morgan fingerprint density at radius 2 is 2.16 bits per heavy atom. The fraction of sp³-hybridized carbons (Fsp3) is 0.533. The summed E-state index contributed by atoms with van der Waals surface area (Å²) in [5.74, 6) is -0.316. The third kappa shape index (κ3) is 2.63. The Hall–Kier alpha value is -1.42. The Bertz CT molecular complexity index is 499. The van der Waals surface area contributed by atoms with Gasteiger partial charge in [0.1, 0.15) is 5.82 Å². The van der Waals surface area contributed by atoms with E-state index in [4.69, 9.17) is 5.11 Å². The number of hydrogen-bond acceptors (Lipinski definition) is 2. The lowest BCUT2D eigenvalue weighted by Crippen LogP contribution is -2.34. The van der Waals surface area contributed by atoms with Gasteiger partial charge in [0, 0.05) is 12.6 Å². The molecule has 3 rings (SSSR count). The van der Waals surface area contributed by atoms with Gasteiger partial charge in [0.25, 0.3) is 0 Å². The van der Waals surface area contributed by atoms with Crippen LogP contribution in [0.1, 0.15) is 36.4 Å². The Balaban J connectivity index is 1.83. The van der Waals surface area contributed by atoms with E-state index >= 15 is 0 Å². The summed E-state index contributed by atoms with van der Waals surface area (Å²) in [4.78, 5) is 13.1. The Labute approximate surface area is 112 Å². The zero-order valence-electron chi connectivity index (χ0n) is 10.8. The second-order valence-electron chi connectivity index (χ2n) is 5.63. The van der Waals surface area contributed by atoms with Crippen LogP contribution in [-0.2, 0) is 11.2 Å². The molecule has 0 aliphatic heterocycles. The Morgan fingerprint density at radius 1 is 1.37 bits per heavy atom. The fourth-order valence-electron chi connectivity index (χ4n) is 3.07. The molecule has 4 heteroatoms. The molecule has 1 saturated carbocycles. The molecule has 3 nitrogen and oxygen atoms in total. The highest BCUT2D eigenvalue weighted by Crippen LogP contribution is 2.39. The summed E-state index contributed by atoms with van der Waals surface area (Å²) in [6.45, 7) is 0.879. The molecule has 1 unspecified atom stereocenters. The summed E-state index contributed by atoms with van der Waals surface area (Å²) in [6.07, 6.45) is 3.93. The second-order valence-corrected chi connectivity index (χ2v) is 5.63. The number of rotatable bonds is 5. The first kappa shape index (κ1) is 12.6. The van der Waals surface area contributed by atoms with Crippen LogP contribution in [0.25, 0.3) is 0 Å². The molecule has 1 atom stereocenters. The number of carboxylic acid groups (broad SMARTS) is 1. The van der Waals surface area contributed by atoms with Crippen LogP contribution >= 0.6 is 0 Å². The summed E-state index contributed by atoms with van der Waals surface area (Å²) in [5, 5.41) is 9.06. The van der Waals surface area contributed by atoms with Crippen molar-refractivity contribution >= 4 is 5.97 Å². The molecule has 1 fully saturated rings. The van der Waals surface area contributed by atoms with Gasteiger partial charge in [0.15, 0.2) is 0 Å². The van der Waals surface area contributed by atoms with Gasteiger partial charge in [-0.05, 0) is 48.8 Å². The molecule has 2 aliphatic rings. The van der Waals surface area contributed by atoms with Gasteiger partial charge in [0.2, 0.25) is 0 Å². The third-order valence-electron chi connectivity index (χ3n) is 4.15. The van der Waals surface area contributed by atoms with Crippen molar-refractivity contribution in [3.63, 3.8) is 0 Å². The van der Waals surface area contributed by atoms with Crippen LogP contribution in [0.4, 0.5) is 4.39 Å². The van der Waals surface area contributed by atoms with Crippen LogP contribution in [0, 0.1) is 11.7 Å². The Kier molecular flexibility index (Phi) is 3.27. The zero-order valence-corrected chi connectivity index (χ0v) is 10.8. The average molecular weight is 263 g/mol. The highest BCUT2D eigenvalue weighted by molar-refractivity contribution is 5.69. The van der Waals surface area contributed by atoms with E-state index in [1.807, 2.05) is 11.0 Å². The first-order valence-electron chi connectivity index (χ1n) is 6.88. The summed E-state index contributed by atoms with van der Waals surface area (Å²) in [5.41, 5.74) is 1.76. The van der Waals surface area contributed by atoms with Crippen molar-refractivity contribution in [2.24, 2.45) is 5.92 Å². The van der Waals surface area contributed by atoms with Crippen molar-refractivity contribution in [1.82, 2.24) is 4.90 Å². The van der Waals surface area contributed by atoms with Gasteiger partial charge in [-0.2, -0.15) is 0 Å². The van der Waals surface area contributed by atoms with E-state index in [-0.39, 0.29) is 18.4 Å². The number of aliphatic carboxylic acids is 1. The van der Waals surface area contributed by atoms with E-state index in [0.717, 1.165) is 24.1 Å². The van der Waals surface area contributed by atoms with E-state index in [1.54, 1.807) is 6.07 Å². The van der Waals surface area contributed by atoms with Crippen molar-refractivity contribution in [2.75, 3.05) is 13.1 Å². The molecule has 1 aromatic carbocycles. The molecule has 0 amide bonds. The lowest BCUT2D eigenvalue weighted by atomic mass is 10.1. The lowest BCUT2D eigenvalue weighted by Gasteiger charge is -2.28. The smallest absolute Gasteiger partial charge is 0.317 e. The first-order valence-corrected chi connectivity index (χ1v) is 6.88. The molecule has 102 valence electrons. The van der Waals surface area contributed by atoms with E-state index < -0.39 is 5.97 Å². The summed E-state index contributed by atoms with van der Waals surface area (Å²) < 4.78 is 13.7. The fourth-order valence-corrected chi connectivity index (χ4v) is 3.07. The van der Waals surface area contributed by atoms with Gasteiger partial charge < -0.3 is 5.11 Å². The standard InChI is InChI=1S/C15H18FNO2/c16-13-3-1-2-12-11(13)6-7-14(12)17(9-15(18)19)8-10-4-5-10/h1-3,10,14H,4-9H2,(H,18,19). The van der Waals surface area contributed by atoms with Gasteiger partial charge in [-0.25, -0.2) is 4.39 Å². The summed E-state index contributed by atoms with van der Waals surface area (Å²) in [7, 11) is 0. The predicted molar refractivity (Wildman–Crippen MR) is 69.4 cm³/mol. The normalized spacial score (nSPS) is 21.7. The van der Waals surface area contributed by atoms with Crippen molar-refractivity contribution in [3.8, 4) is 0 Å². The zero-order chi connectivity index (χ0) is 13.4. The molecule has 0 bridgehead atoms. The van der Waals surface area contributed by atoms with Crippen LogP contribution < -0.4 is 0 Å². The van der Waals surface area contributed by atoms with Crippen LogP contribution in [0.2, 0.25) is 0 Å². The molecule has 0 aromatic heterocycles. The number of nitrogens with zero attached hydrogens (tertiary/aromatic N) is 1. The molecule has 1 aromatic rings. The number of carboxylic acids is 1. The Morgan fingerprint density at radius 3 is 2.84 bits per heavy atom. The van der Waals surface area contributed by atoms with Crippen molar-refractivity contribution in [1.29, 1.82) is 0 Å². The van der Waals surface area contributed by atoms with Gasteiger partial charge in [-0.15, -0.1) is 0 Å². The minimum Gasteiger partial charge on any atom is -0.480 e. The molecule has 19 heavy (non-hydrogen) atoms. The van der Waals surface area contributed by atoms with E-state index in [1.165, 1.54) is 18.9 Å². The number of halogens is 1. The molecular formula is C15H18FNO2. The minimum atomic E-state index is -0.800. The van der Waals surface area contributed by atoms with Gasteiger partial charge in [-0.1, -0.05) is 12.1 Å². The highest BCUT2D eigenvalue weighted by atomic mass is 19.1. The van der Waals surface area contributed by atoms with Gasteiger partial charge >= 0.3 is 5.97 Å². The molecule has 2 aliphatic carbocycles. The van der Waals surface area contributed by atoms with E-state index in [0.29, 0.717) is 12.3 Å². The topological polar surface area (TPSA) is 40.5 Å². The SMILES string of the molecule is O=C(O)CN(CC1CC1)C1CCc2c(F)cccc21. The number of benzene rings is 1. The van der Waals surface area contributed by atoms with Crippen molar-refractivity contribution in [2.45, 2.75) is 31.7 Å². The van der Waals surface area contributed by atoms with Gasteiger partial charge in [0.05, 0.1) is 6.54 Å². The molecule has 0 saturated heterocycles. The van der Waals surface area contributed by atoms with Crippen LogP contribution in [0.5, 0.6) is 0 Å². The van der Waals surface area contributed by atoms with Crippen LogP contribution in [0.3, 0.4) is 0 Å². The first-order chi connectivity index (χ1) is 9.15. The maximum atomic E-state index is 13.7. The maximum Gasteiger partial charge on any atom is 0.317 e. The monoisotopic (exact) mass is 263 g/mol. The van der Waals surface area contributed by atoms with Gasteiger partial charge in [-0.3, -0.25) is 9.69 Å².